The Hall–Kier alpha value is -1.80. The third-order valence-corrected chi connectivity index (χ3v) is 5.98. The predicted molar refractivity (Wildman–Crippen MR) is 104 cm³/mol. The Morgan fingerprint density at radius 3 is 2.58 bits per heavy atom. The van der Waals surface area contributed by atoms with E-state index in [2.05, 4.69) is 14.9 Å². The summed E-state index contributed by atoms with van der Waals surface area (Å²) in [7, 11) is 1.84. The summed E-state index contributed by atoms with van der Waals surface area (Å²) < 4.78 is 13.0. The van der Waals surface area contributed by atoms with Crippen molar-refractivity contribution in [2.45, 2.75) is 28.9 Å². The molecule has 5 nitrogen and oxygen atoms in total. The van der Waals surface area contributed by atoms with Gasteiger partial charge in [0, 0.05) is 37.3 Å². The molecule has 1 saturated heterocycles. The van der Waals surface area contributed by atoms with Crippen LogP contribution in [0.3, 0.4) is 0 Å². The minimum atomic E-state index is -0.295. The van der Waals surface area contributed by atoms with Crippen molar-refractivity contribution in [1.29, 1.82) is 0 Å². The van der Waals surface area contributed by atoms with Crippen molar-refractivity contribution in [3.8, 4) is 0 Å². The summed E-state index contributed by atoms with van der Waals surface area (Å²) in [6.45, 7) is 1.71. The third kappa shape index (κ3) is 4.67. The number of benzene rings is 1. The van der Waals surface area contributed by atoms with Gasteiger partial charge in [0.1, 0.15) is 11.6 Å². The van der Waals surface area contributed by atoms with Crippen LogP contribution < -0.4 is 4.90 Å². The van der Waals surface area contributed by atoms with Gasteiger partial charge in [-0.3, -0.25) is 4.79 Å². The summed E-state index contributed by atoms with van der Waals surface area (Å²) in [6.07, 6.45) is 5.54. The van der Waals surface area contributed by atoms with Gasteiger partial charge in [-0.2, -0.15) is 0 Å². The van der Waals surface area contributed by atoms with Crippen molar-refractivity contribution < 1.29 is 9.18 Å². The predicted octanol–water partition coefficient (Wildman–Crippen LogP) is 4.15. The standard InChI is InChI=1S/C18H21FN4OS2/c1-22(18(24)26-15-5-3-13(19)4-6-15)14-8-11-23(12-9-14)16-7-10-20-17(21-16)25-2/h3-7,10,14H,8-9,11-12H2,1-2H3. The number of thioether (sulfide) groups is 2. The van der Waals surface area contributed by atoms with Gasteiger partial charge in [-0.15, -0.1) is 0 Å². The number of nitrogens with zero attached hydrogens (tertiary/aromatic N) is 4. The zero-order valence-electron chi connectivity index (χ0n) is 14.8. The second-order valence-corrected chi connectivity index (χ2v) is 7.85. The Kier molecular flexibility index (Phi) is 6.37. The van der Waals surface area contributed by atoms with E-state index >= 15 is 0 Å². The first-order valence-corrected chi connectivity index (χ1v) is 10.4. The number of carbonyl (C=O) groups excluding carboxylic acids is 1. The van der Waals surface area contributed by atoms with Crippen molar-refractivity contribution in [2.24, 2.45) is 0 Å². The minimum absolute atomic E-state index is 0.0123. The maximum absolute atomic E-state index is 13.0. The summed E-state index contributed by atoms with van der Waals surface area (Å²) in [6, 6.07) is 8.14. The molecule has 0 N–H and O–H groups in total. The number of piperidine rings is 1. The molecule has 1 amide bonds. The molecule has 8 heteroatoms. The molecule has 0 bridgehead atoms. The lowest BCUT2D eigenvalue weighted by Gasteiger charge is -2.37. The van der Waals surface area contributed by atoms with Crippen molar-refractivity contribution in [2.75, 3.05) is 31.3 Å². The van der Waals surface area contributed by atoms with E-state index in [-0.39, 0.29) is 17.1 Å². The van der Waals surface area contributed by atoms with Crippen molar-refractivity contribution in [3.63, 3.8) is 0 Å². The number of halogens is 1. The molecule has 1 aromatic carbocycles. The molecule has 0 unspecified atom stereocenters. The second-order valence-electron chi connectivity index (χ2n) is 6.05. The highest BCUT2D eigenvalue weighted by Crippen LogP contribution is 2.26. The molecule has 26 heavy (non-hydrogen) atoms. The molecule has 1 aliphatic rings. The molecule has 138 valence electrons. The van der Waals surface area contributed by atoms with Crippen LogP contribution in [0.25, 0.3) is 0 Å². The van der Waals surface area contributed by atoms with E-state index in [0.29, 0.717) is 0 Å². The van der Waals surface area contributed by atoms with E-state index in [1.807, 2.05) is 19.4 Å². The quantitative estimate of drug-likeness (QED) is 0.575. The molecule has 2 heterocycles. The minimum Gasteiger partial charge on any atom is -0.356 e. The van der Waals surface area contributed by atoms with Crippen LogP contribution in [-0.4, -0.2) is 52.5 Å². The van der Waals surface area contributed by atoms with Gasteiger partial charge in [-0.25, -0.2) is 14.4 Å². The zero-order chi connectivity index (χ0) is 18.5. The van der Waals surface area contributed by atoms with Gasteiger partial charge in [-0.1, -0.05) is 11.8 Å². The highest BCUT2D eigenvalue weighted by molar-refractivity contribution is 8.13. The fourth-order valence-corrected chi connectivity index (χ4v) is 4.03. The number of carbonyl (C=O) groups is 1. The molecule has 0 saturated carbocycles. The smallest absolute Gasteiger partial charge is 0.286 e. The summed E-state index contributed by atoms with van der Waals surface area (Å²) in [5.74, 6) is 0.648. The van der Waals surface area contributed by atoms with Gasteiger partial charge in [0.2, 0.25) is 0 Å². The van der Waals surface area contributed by atoms with Crippen LogP contribution in [0, 0.1) is 5.82 Å². The Morgan fingerprint density at radius 2 is 1.92 bits per heavy atom. The van der Waals surface area contributed by atoms with Crippen LogP contribution in [-0.2, 0) is 0 Å². The van der Waals surface area contributed by atoms with Crippen LogP contribution in [0.1, 0.15) is 12.8 Å². The molecular weight excluding hydrogens is 371 g/mol. The van der Waals surface area contributed by atoms with Crippen LogP contribution in [0.4, 0.5) is 15.0 Å². The SMILES string of the molecule is CSc1nccc(N2CCC(N(C)C(=O)Sc3ccc(F)cc3)CC2)n1. The van der Waals surface area contributed by atoms with Crippen LogP contribution in [0.15, 0.2) is 46.6 Å². The lowest BCUT2D eigenvalue weighted by atomic mass is 10.0. The monoisotopic (exact) mass is 392 g/mol. The molecule has 0 atom stereocenters. The summed E-state index contributed by atoms with van der Waals surface area (Å²) in [4.78, 5) is 26.0. The van der Waals surface area contributed by atoms with E-state index in [1.54, 1.807) is 23.2 Å². The van der Waals surface area contributed by atoms with E-state index in [4.69, 9.17) is 0 Å². The van der Waals surface area contributed by atoms with E-state index in [1.165, 1.54) is 23.9 Å². The molecule has 0 spiro atoms. The number of amides is 1. The molecule has 1 aliphatic heterocycles. The summed E-state index contributed by atoms with van der Waals surface area (Å²) in [5.41, 5.74) is 0. The van der Waals surface area contributed by atoms with Gasteiger partial charge in [0.05, 0.1) is 0 Å². The number of hydrogen-bond acceptors (Lipinski definition) is 6. The van der Waals surface area contributed by atoms with Gasteiger partial charge >= 0.3 is 0 Å². The molecule has 0 aliphatic carbocycles. The maximum atomic E-state index is 13.0. The summed E-state index contributed by atoms with van der Waals surface area (Å²) >= 11 is 2.67. The van der Waals surface area contributed by atoms with Gasteiger partial charge in [0.25, 0.3) is 5.24 Å². The first-order valence-electron chi connectivity index (χ1n) is 8.39. The fourth-order valence-electron chi connectivity index (χ4n) is 2.91. The molecule has 3 rings (SSSR count). The number of rotatable bonds is 4. The van der Waals surface area contributed by atoms with Crippen molar-refractivity contribution in [3.05, 3.63) is 42.3 Å². The van der Waals surface area contributed by atoms with Gasteiger partial charge in [-0.05, 0) is 61.2 Å². The second kappa shape index (κ2) is 8.73. The van der Waals surface area contributed by atoms with Crippen molar-refractivity contribution >= 4 is 34.6 Å². The summed E-state index contributed by atoms with van der Waals surface area (Å²) in [5, 5.41) is 0.759. The van der Waals surface area contributed by atoms with Gasteiger partial charge in [0.15, 0.2) is 5.16 Å². The molecule has 2 aromatic rings. The van der Waals surface area contributed by atoms with Crippen LogP contribution >= 0.6 is 23.5 Å². The van der Waals surface area contributed by atoms with E-state index in [0.717, 1.165) is 53.6 Å². The van der Waals surface area contributed by atoms with E-state index < -0.39 is 0 Å². The molecule has 1 aromatic heterocycles. The Balaban J connectivity index is 1.55. The number of aromatic nitrogens is 2. The average molecular weight is 393 g/mol. The molecular formula is C18H21FN4OS2. The Morgan fingerprint density at radius 1 is 1.23 bits per heavy atom. The lowest BCUT2D eigenvalue weighted by molar-refractivity contribution is 0.204. The maximum Gasteiger partial charge on any atom is 0.286 e. The third-order valence-electron chi connectivity index (χ3n) is 4.44. The Labute approximate surface area is 161 Å². The fraction of sp³-hybridized carbons (Fsp3) is 0.389. The highest BCUT2D eigenvalue weighted by atomic mass is 32.2. The van der Waals surface area contributed by atoms with Crippen LogP contribution in [0.5, 0.6) is 0 Å². The average Bonchev–Trinajstić information content (AvgIpc) is 2.69. The lowest BCUT2D eigenvalue weighted by Crippen LogP contribution is -2.44. The van der Waals surface area contributed by atoms with E-state index in [9.17, 15) is 9.18 Å². The first-order chi connectivity index (χ1) is 12.6. The van der Waals surface area contributed by atoms with Gasteiger partial charge < -0.3 is 9.80 Å². The number of anilines is 1. The first kappa shape index (κ1) is 19.0. The normalized spacial score (nSPS) is 15.1. The van der Waals surface area contributed by atoms with Crippen LogP contribution in [0.2, 0.25) is 0 Å². The Bertz CT molecular complexity index is 751. The molecule has 1 fully saturated rings. The topological polar surface area (TPSA) is 49.3 Å². The highest BCUT2D eigenvalue weighted by Gasteiger charge is 2.26. The number of hydrogen-bond donors (Lipinski definition) is 0. The zero-order valence-corrected chi connectivity index (χ0v) is 16.4. The largest absolute Gasteiger partial charge is 0.356 e. The van der Waals surface area contributed by atoms with Crippen molar-refractivity contribution in [1.82, 2.24) is 14.9 Å². The molecule has 0 radical (unpaired) electrons.